The van der Waals surface area contributed by atoms with Crippen molar-refractivity contribution in [3.63, 3.8) is 0 Å². The first kappa shape index (κ1) is 11.7. The standard InChI is InChI=1S/C8H14N2O3.ClH/c11-8(6-10(12)13)5-9-3-1-7(8)2-4-9;/h7,11H,1-6H2;1H. The average molecular weight is 223 g/mol. The Balaban J connectivity index is 0.000000980. The molecular weight excluding hydrogens is 208 g/mol. The molecule has 3 saturated heterocycles. The summed E-state index contributed by atoms with van der Waals surface area (Å²) in [5.41, 5.74) is -1.06. The number of fused-ring (bicyclic) bond motifs is 3. The summed E-state index contributed by atoms with van der Waals surface area (Å²) in [4.78, 5) is 12.1. The lowest BCUT2D eigenvalue weighted by Crippen LogP contribution is -2.61. The van der Waals surface area contributed by atoms with Gasteiger partial charge < -0.3 is 10.0 Å². The Morgan fingerprint density at radius 2 is 2.07 bits per heavy atom. The SMILES string of the molecule is Cl.O=[N+]([O-])CC1(O)CN2CCC1CC2. The number of aliphatic hydroxyl groups is 1. The molecule has 1 unspecified atom stereocenters. The second-order valence-electron chi connectivity index (χ2n) is 4.14. The molecule has 0 amide bonds. The highest BCUT2D eigenvalue weighted by atomic mass is 35.5. The van der Waals surface area contributed by atoms with E-state index in [-0.39, 0.29) is 24.9 Å². The van der Waals surface area contributed by atoms with Gasteiger partial charge in [0.15, 0.2) is 0 Å². The van der Waals surface area contributed by atoms with Crippen LogP contribution < -0.4 is 0 Å². The van der Waals surface area contributed by atoms with Crippen LogP contribution in [-0.2, 0) is 0 Å². The molecule has 0 aromatic rings. The topological polar surface area (TPSA) is 66.6 Å². The number of hydrogen-bond acceptors (Lipinski definition) is 4. The Kier molecular flexibility index (Phi) is 3.34. The van der Waals surface area contributed by atoms with E-state index in [0.717, 1.165) is 25.9 Å². The molecule has 3 heterocycles. The molecule has 3 aliphatic heterocycles. The smallest absolute Gasteiger partial charge is 0.233 e. The molecule has 3 fully saturated rings. The van der Waals surface area contributed by atoms with E-state index in [1.807, 2.05) is 0 Å². The lowest BCUT2D eigenvalue weighted by molar-refractivity contribution is -0.506. The van der Waals surface area contributed by atoms with E-state index in [1.165, 1.54) is 0 Å². The van der Waals surface area contributed by atoms with Gasteiger partial charge in [-0.2, -0.15) is 0 Å². The van der Waals surface area contributed by atoms with E-state index in [0.29, 0.717) is 6.54 Å². The van der Waals surface area contributed by atoms with Gasteiger partial charge in [0.2, 0.25) is 6.54 Å². The molecule has 0 saturated carbocycles. The van der Waals surface area contributed by atoms with E-state index >= 15 is 0 Å². The Morgan fingerprint density at radius 1 is 1.50 bits per heavy atom. The Morgan fingerprint density at radius 3 is 2.43 bits per heavy atom. The number of halogens is 1. The van der Waals surface area contributed by atoms with Crippen molar-refractivity contribution in [3.05, 3.63) is 10.1 Å². The third-order valence-electron chi connectivity index (χ3n) is 3.25. The van der Waals surface area contributed by atoms with Crippen molar-refractivity contribution < 1.29 is 10.0 Å². The Bertz CT molecular complexity index is 231. The predicted octanol–water partition coefficient (Wildman–Crippen LogP) is 0.142. The Labute approximate surface area is 88.6 Å². The molecular formula is C8H15ClN2O3. The fraction of sp³-hybridized carbons (Fsp3) is 1.00. The summed E-state index contributed by atoms with van der Waals surface area (Å²) in [6, 6.07) is 0. The molecule has 0 radical (unpaired) electrons. The molecule has 0 spiro atoms. The zero-order chi connectivity index (χ0) is 9.47. The minimum absolute atomic E-state index is 0. The van der Waals surface area contributed by atoms with Crippen molar-refractivity contribution in [3.8, 4) is 0 Å². The molecule has 0 aliphatic carbocycles. The number of piperidine rings is 3. The van der Waals surface area contributed by atoms with Crippen LogP contribution >= 0.6 is 12.4 Å². The molecule has 0 aromatic heterocycles. The molecule has 5 nitrogen and oxygen atoms in total. The van der Waals surface area contributed by atoms with Crippen molar-refractivity contribution in [1.29, 1.82) is 0 Å². The summed E-state index contributed by atoms with van der Waals surface area (Å²) >= 11 is 0. The molecule has 14 heavy (non-hydrogen) atoms. The lowest BCUT2D eigenvalue weighted by atomic mass is 9.75. The van der Waals surface area contributed by atoms with E-state index in [1.54, 1.807) is 0 Å². The molecule has 6 heteroatoms. The third-order valence-corrected chi connectivity index (χ3v) is 3.25. The first-order valence-electron chi connectivity index (χ1n) is 4.67. The van der Waals surface area contributed by atoms with Gasteiger partial charge in [-0.3, -0.25) is 10.1 Å². The van der Waals surface area contributed by atoms with Crippen LogP contribution in [0.2, 0.25) is 0 Å². The summed E-state index contributed by atoms with van der Waals surface area (Å²) in [6.07, 6.45) is 1.81. The maximum Gasteiger partial charge on any atom is 0.233 e. The second-order valence-corrected chi connectivity index (χ2v) is 4.14. The fourth-order valence-corrected chi connectivity index (χ4v) is 2.55. The summed E-state index contributed by atoms with van der Waals surface area (Å²) in [7, 11) is 0. The van der Waals surface area contributed by atoms with Gasteiger partial charge in [0.05, 0.1) is 0 Å². The highest BCUT2D eigenvalue weighted by molar-refractivity contribution is 5.85. The summed E-state index contributed by atoms with van der Waals surface area (Å²) in [5.74, 6) is 0.142. The van der Waals surface area contributed by atoms with Gasteiger partial charge in [-0.05, 0) is 31.8 Å². The molecule has 1 N–H and O–H groups in total. The van der Waals surface area contributed by atoms with Crippen molar-refractivity contribution in [1.82, 2.24) is 4.90 Å². The normalized spacial score (nSPS) is 40.4. The van der Waals surface area contributed by atoms with E-state index < -0.39 is 10.5 Å². The van der Waals surface area contributed by atoms with Crippen molar-refractivity contribution in [2.24, 2.45) is 5.92 Å². The van der Waals surface area contributed by atoms with Gasteiger partial charge in [-0.15, -0.1) is 12.4 Å². The molecule has 2 bridgehead atoms. The van der Waals surface area contributed by atoms with E-state index in [4.69, 9.17) is 0 Å². The fourth-order valence-electron chi connectivity index (χ4n) is 2.55. The molecule has 3 rings (SSSR count). The van der Waals surface area contributed by atoms with Crippen molar-refractivity contribution in [2.45, 2.75) is 18.4 Å². The van der Waals surface area contributed by atoms with Gasteiger partial charge in [0.25, 0.3) is 0 Å². The zero-order valence-corrected chi connectivity index (χ0v) is 8.70. The first-order valence-corrected chi connectivity index (χ1v) is 4.67. The van der Waals surface area contributed by atoms with Gasteiger partial charge >= 0.3 is 0 Å². The summed E-state index contributed by atoms with van der Waals surface area (Å²) < 4.78 is 0. The number of nitrogens with zero attached hydrogens (tertiary/aromatic N) is 2. The molecule has 0 aromatic carbocycles. The van der Waals surface area contributed by atoms with Crippen LogP contribution in [0.3, 0.4) is 0 Å². The maximum atomic E-state index is 10.4. The van der Waals surface area contributed by atoms with Crippen LogP contribution in [0.5, 0.6) is 0 Å². The summed E-state index contributed by atoms with van der Waals surface area (Å²) in [6.45, 7) is 2.17. The van der Waals surface area contributed by atoms with Crippen LogP contribution in [0.4, 0.5) is 0 Å². The zero-order valence-electron chi connectivity index (χ0n) is 7.89. The number of rotatable bonds is 2. The van der Waals surface area contributed by atoms with E-state index in [9.17, 15) is 15.2 Å². The van der Waals surface area contributed by atoms with Crippen molar-refractivity contribution >= 4 is 12.4 Å². The third kappa shape index (κ3) is 1.99. The lowest BCUT2D eigenvalue weighted by Gasteiger charge is -2.48. The predicted molar refractivity (Wildman–Crippen MR) is 53.2 cm³/mol. The highest BCUT2D eigenvalue weighted by Crippen LogP contribution is 2.35. The Hall–Kier alpha value is -0.390. The van der Waals surface area contributed by atoms with Crippen molar-refractivity contribution in [2.75, 3.05) is 26.2 Å². The number of hydrogen-bond donors (Lipinski definition) is 1. The largest absolute Gasteiger partial charge is 0.381 e. The second kappa shape index (κ2) is 4.00. The molecule has 1 atom stereocenters. The highest BCUT2D eigenvalue weighted by Gasteiger charge is 2.48. The minimum atomic E-state index is -1.06. The monoisotopic (exact) mass is 222 g/mol. The van der Waals surface area contributed by atoms with Gasteiger partial charge in [-0.1, -0.05) is 0 Å². The van der Waals surface area contributed by atoms with Crippen LogP contribution in [0.25, 0.3) is 0 Å². The van der Waals surface area contributed by atoms with E-state index in [2.05, 4.69) is 4.90 Å². The van der Waals surface area contributed by atoms with Gasteiger partial charge in [0, 0.05) is 11.5 Å². The van der Waals surface area contributed by atoms with Crippen LogP contribution in [-0.4, -0.2) is 46.7 Å². The van der Waals surface area contributed by atoms with Gasteiger partial charge in [-0.25, -0.2) is 0 Å². The quantitative estimate of drug-likeness (QED) is 0.533. The van der Waals surface area contributed by atoms with Crippen LogP contribution in [0, 0.1) is 16.0 Å². The minimum Gasteiger partial charge on any atom is -0.381 e. The van der Waals surface area contributed by atoms with Crippen LogP contribution in [0.15, 0.2) is 0 Å². The first-order chi connectivity index (χ1) is 6.10. The maximum absolute atomic E-state index is 10.4. The molecule has 82 valence electrons. The van der Waals surface area contributed by atoms with Crippen LogP contribution in [0.1, 0.15) is 12.8 Å². The molecule has 3 aliphatic rings. The average Bonchev–Trinajstić information content (AvgIpc) is 2.03. The number of nitro groups is 1. The van der Waals surface area contributed by atoms with Gasteiger partial charge in [0.1, 0.15) is 5.60 Å². The summed E-state index contributed by atoms with van der Waals surface area (Å²) in [5, 5.41) is 20.4.